The maximum Gasteiger partial charge on any atom is 0.244 e. The Balaban J connectivity index is 1.60. The molecule has 0 radical (unpaired) electrons. The molecule has 1 aromatic rings. The minimum atomic E-state index is -1.67. The average Bonchev–Trinajstić information content (AvgIpc) is 2.83. The molecule has 0 saturated heterocycles. The molecule has 1 N–H and O–H groups in total. The zero-order valence-corrected chi connectivity index (χ0v) is 23.2. The number of thioether (sulfide) groups is 1. The first-order chi connectivity index (χ1) is 15.9. The van der Waals surface area contributed by atoms with Crippen LogP contribution in [0.1, 0.15) is 83.1 Å². The topological polar surface area (TPSA) is 38.3 Å². The fourth-order valence-electron chi connectivity index (χ4n) is 4.75. The zero-order chi connectivity index (χ0) is 23.8. The molecule has 1 saturated carbocycles. The molecule has 3 nitrogen and oxygen atoms in total. The third kappa shape index (κ3) is 13.4. The fraction of sp³-hybridized carbons (Fsp3) is 0.679. The molecule has 1 aliphatic rings. The van der Waals surface area contributed by atoms with Crippen molar-refractivity contribution < 1.29 is 9.22 Å². The van der Waals surface area contributed by atoms with E-state index in [0.717, 1.165) is 23.6 Å². The van der Waals surface area contributed by atoms with Crippen LogP contribution in [0.3, 0.4) is 0 Å². The standard InChI is InChI=1S/C28H47NO2SSi/c1-28(20-13-8-6-4-5-7-9-14-21-28)31-33(2,3)25-15-23-32-24-22-29-27(30)19-18-26-16-11-10-12-17-26/h10-12,16-19H,4-9,13-15,20-25H2,1-3H3,(H,29,30)/b19-18+. The van der Waals surface area contributed by atoms with Crippen molar-refractivity contribution in [1.29, 1.82) is 0 Å². The number of rotatable bonds is 11. The van der Waals surface area contributed by atoms with Crippen LogP contribution in [0, 0.1) is 0 Å². The summed E-state index contributed by atoms with van der Waals surface area (Å²) in [6.45, 7) is 7.93. The van der Waals surface area contributed by atoms with Crippen molar-refractivity contribution in [2.45, 2.75) is 102 Å². The summed E-state index contributed by atoms with van der Waals surface area (Å²) >= 11 is 1.94. The van der Waals surface area contributed by atoms with Crippen molar-refractivity contribution in [1.82, 2.24) is 5.32 Å². The van der Waals surface area contributed by atoms with Gasteiger partial charge in [0.25, 0.3) is 0 Å². The highest BCUT2D eigenvalue weighted by Gasteiger charge is 2.33. The molecule has 1 fully saturated rings. The molecule has 0 unspecified atom stereocenters. The predicted molar refractivity (Wildman–Crippen MR) is 148 cm³/mol. The molecule has 0 atom stereocenters. The number of hydrogen-bond donors (Lipinski definition) is 1. The van der Waals surface area contributed by atoms with E-state index < -0.39 is 8.32 Å². The number of nitrogens with one attached hydrogen (secondary N) is 1. The average molecular weight is 490 g/mol. The van der Waals surface area contributed by atoms with Gasteiger partial charge in [0.15, 0.2) is 8.32 Å². The van der Waals surface area contributed by atoms with Crippen LogP contribution < -0.4 is 5.32 Å². The third-order valence-corrected chi connectivity index (χ3v) is 10.2. The molecule has 1 aromatic carbocycles. The van der Waals surface area contributed by atoms with Crippen LogP contribution in [0.5, 0.6) is 0 Å². The Bertz CT molecular complexity index is 680. The first-order valence-corrected chi connectivity index (χ1v) is 17.4. The van der Waals surface area contributed by atoms with Crippen molar-refractivity contribution in [3.05, 3.63) is 42.0 Å². The molecular weight excluding hydrogens is 442 g/mol. The Labute approximate surface area is 208 Å². The van der Waals surface area contributed by atoms with Crippen LogP contribution >= 0.6 is 11.8 Å². The van der Waals surface area contributed by atoms with Crippen LogP contribution in [0.15, 0.2) is 36.4 Å². The van der Waals surface area contributed by atoms with E-state index in [9.17, 15) is 4.79 Å². The lowest BCUT2D eigenvalue weighted by atomic mass is 9.93. The molecule has 33 heavy (non-hydrogen) atoms. The molecule has 186 valence electrons. The highest BCUT2D eigenvalue weighted by atomic mass is 32.2. The van der Waals surface area contributed by atoms with Gasteiger partial charge in [-0.05, 0) is 62.7 Å². The largest absolute Gasteiger partial charge is 0.412 e. The summed E-state index contributed by atoms with van der Waals surface area (Å²) in [5, 5.41) is 2.98. The summed E-state index contributed by atoms with van der Waals surface area (Å²) < 4.78 is 6.93. The van der Waals surface area contributed by atoms with Crippen molar-refractivity contribution in [2.24, 2.45) is 0 Å². The second-order valence-corrected chi connectivity index (χ2v) is 15.8. The lowest BCUT2D eigenvalue weighted by Gasteiger charge is -2.38. The molecular formula is C28H47NO2SSi. The quantitative estimate of drug-likeness (QED) is 0.195. The van der Waals surface area contributed by atoms with Crippen molar-refractivity contribution >= 4 is 32.1 Å². The van der Waals surface area contributed by atoms with E-state index in [1.807, 2.05) is 48.2 Å². The second-order valence-electron chi connectivity index (χ2n) is 10.4. The predicted octanol–water partition coefficient (Wildman–Crippen LogP) is 7.83. The Hall–Kier alpha value is -1.04. The molecule has 1 aliphatic carbocycles. The highest BCUT2D eigenvalue weighted by molar-refractivity contribution is 7.99. The Morgan fingerprint density at radius 1 is 1.00 bits per heavy atom. The van der Waals surface area contributed by atoms with Gasteiger partial charge >= 0.3 is 0 Å². The van der Waals surface area contributed by atoms with Crippen molar-refractivity contribution in [2.75, 3.05) is 18.1 Å². The molecule has 0 heterocycles. The number of carbonyl (C=O) groups excluding carboxylic acids is 1. The van der Waals surface area contributed by atoms with E-state index in [2.05, 4.69) is 25.3 Å². The maximum atomic E-state index is 11.9. The monoisotopic (exact) mass is 489 g/mol. The summed E-state index contributed by atoms with van der Waals surface area (Å²) in [6.07, 6.45) is 18.2. The van der Waals surface area contributed by atoms with Crippen LogP contribution in [-0.2, 0) is 9.22 Å². The van der Waals surface area contributed by atoms with Crippen LogP contribution in [0.2, 0.25) is 19.1 Å². The van der Waals surface area contributed by atoms with Gasteiger partial charge in [0.1, 0.15) is 0 Å². The van der Waals surface area contributed by atoms with E-state index in [0.29, 0.717) is 0 Å². The van der Waals surface area contributed by atoms with E-state index in [-0.39, 0.29) is 11.5 Å². The molecule has 1 amide bonds. The molecule has 0 bridgehead atoms. The van der Waals surface area contributed by atoms with Gasteiger partial charge in [-0.1, -0.05) is 81.7 Å². The maximum absolute atomic E-state index is 11.9. The van der Waals surface area contributed by atoms with Gasteiger partial charge in [-0.2, -0.15) is 11.8 Å². The molecule has 2 rings (SSSR count). The van der Waals surface area contributed by atoms with Gasteiger partial charge in [0.2, 0.25) is 5.91 Å². The Kier molecular flexibility index (Phi) is 13.5. The number of benzene rings is 1. The van der Waals surface area contributed by atoms with E-state index >= 15 is 0 Å². The third-order valence-electron chi connectivity index (χ3n) is 6.52. The van der Waals surface area contributed by atoms with Crippen LogP contribution in [0.25, 0.3) is 6.08 Å². The molecule has 0 aliphatic heterocycles. The second kappa shape index (κ2) is 15.8. The summed E-state index contributed by atoms with van der Waals surface area (Å²) in [6, 6.07) is 11.1. The SMILES string of the molecule is CC1(O[Si](C)(C)CCCSCCNC(=O)/C=C/c2ccccc2)CCCCCCCCCC1. The van der Waals surface area contributed by atoms with Crippen molar-refractivity contribution in [3.8, 4) is 0 Å². The number of amides is 1. The summed E-state index contributed by atoms with van der Waals surface area (Å²) in [5.41, 5.74) is 1.14. The Morgan fingerprint density at radius 2 is 1.61 bits per heavy atom. The zero-order valence-electron chi connectivity index (χ0n) is 21.4. The molecule has 0 spiro atoms. The van der Waals surface area contributed by atoms with Gasteiger partial charge in [-0.3, -0.25) is 4.79 Å². The smallest absolute Gasteiger partial charge is 0.244 e. The minimum Gasteiger partial charge on any atom is -0.412 e. The number of carbonyl (C=O) groups is 1. The highest BCUT2D eigenvalue weighted by Crippen LogP contribution is 2.32. The van der Waals surface area contributed by atoms with E-state index in [1.165, 1.54) is 76.7 Å². The molecule has 5 heteroatoms. The number of hydrogen-bond acceptors (Lipinski definition) is 3. The van der Waals surface area contributed by atoms with Gasteiger partial charge in [-0.15, -0.1) is 0 Å². The fourth-order valence-corrected chi connectivity index (χ4v) is 8.47. The van der Waals surface area contributed by atoms with Crippen LogP contribution in [0.4, 0.5) is 0 Å². The van der Waals surface area contributed by atoms with E-state index in [4.69, 9.17) is 4.43 Å². The Morgan fingerprint density at radius 3 is 2.24 bits per heavy atom. The first-order valence-electron chi connectivity index (χ1n) is 13.2. The van der Waals surface area contributed by atoms with Gasteiger partial charge < -0.3 is 9.74 Å². The molecule has 0 aromatic heterocycles. The van der Waals surface area contributed by atoms with Gasteiger partial charge in [0.05, 0.1) is 5.60 Å². The summed E-state index contributed by atoms with van der Waals surface area (Å²) in [5.74, 6) is 2.09. The normalized spacial score (nSPS) is 18.0. The van der Waals surface area contributed by atoms with E-state index in [1.54, 1.807) is 6.08 Å². The van der Waals surface area contributed by atoms with Crippen molar-refractivity contribution in [3.63, 3.8) is 0 Å². The van der Waals surface area contributed by atoms with Crippen LogP contribution in [-0.4, -0.2) is 37.9 Å². The first kappa shape index (κ1) is 28.2. The lowest BCUT2D eigenvalue weighted by Crippen LogP contribution is -2.42. The van der Waals surface area contributed by atoms with Gasteiger partial charge in [0, 0.05) is 18.4 Å². The summed E-state index contributed by atoms with van der Waals surface area (Å²) in [7, 11) is -1.67. The minimum absolute atomic E-state index is 0.0176. The summed E-state index contributed by atoms with van der Waals surface area (Å²) in [4.78, 5) is 11.9. The lowest BCUT2D eigenvalue weighted by molar-refractivity contribution is -0.116. The van der Waals surface area contributed by atoms with Gasteiger partial charge in [-0.25, -0.2) is 0 Å².